The fourth-order valence-electron chi connectivity index (χ4n) is 2.82. The lowest BCUT2D eigenvalue weighted by molar-refractivity contribution is -0.133. The van der Waals surface area contributed by atoms with Crippen LogP contribution in [-0.4, -0.2) is 61.6 Å². The van der Waals surface area contributed by atoms with Crippen LogP contribution in [-0.2, 0) is 4.79 Å². The number of amides is 3. The third-order valence-electron chi connectivity index (χ3n) is 4.16. The molecule has 7 heteroatoms. The van der Waals surface area contributed by atoms with Crippen molar-refractivity contribution in [3.8, 4) is 11.5 Å². The van der Waals surface area contributed by atoms with E-state index in [2.05, 4.69) is 0 Å². The van der Waals surface area contributed by atoms with Crippen molar-refractivity contribution in [2.45, 2.75) is 25.3 Å². The second-order valence-corrected chi connectivity index (χ2v) is 5.83. The van der Waals surface area contributed by atoms with Gasteiger partial charge in [-0.3, -0.25) is 4.79 Å². The maximum Gasteiger partial charge on any atom is 0.315 e. The highest BCUT2D eigenvalue weighted by Crippen LogP contribution is 2.19. The van der Waals surface area contributed by atoms with Gasteiger partial charge in [0.1, 0.15) is 17.5 Å². The molecule has 0 aliphatic carbocycles. The van der Waals surface area contributed by atoms with E-state index in [1.165, 1.54) is 4.90 Å². The van der Waals surface area contributed by atoms with Crippen LogP contribution in [0, 0.1) is 0 Å². The SMILES string of the molecule is COc1ccc(OCCCN(C)C(=O)[C@H]2CCCN2C(N)=O)cc1. The van der Waals surface area contributed by atoms with Crippen molar-refractivity contribution < 1.29 is 19.1 Å². The summed E-state index contributed by atoms with van der Waals surface area (Å²) in [6.07, 6.45) is 2.19. The normalized spacial score (nSPS) is 16.8. The molecular formula is C17H25N3O4. The Morgan fingerprint density at radius 2 is 1.96 bits per heavy atom. The third-order valence-corrected chi connectivity index (χ3v) is 4.16. The summed E-state index contributed by atoms with van der Waals surface area (Å²) in [5.74, 6) is 1.49. The van der Waals surface area contributed by atoms with Crippen molar-refractivity contribution in [3.05, 3.63) is 24.3 Å². The summed E-state index contributed by atoms with van der Waals surface area (Å²) in [6, 6.07) is 6.41. The fourth-order valence-corrected chi connectivity index (χ4v) is 2.82. The number of hydrogen-bond acceptors (Lipinski definition) is 4. The van der Waals surface area contributed by atoms with Crippen LogP contribution in [0.25, 0.3) is 0 Å². The smallest absolute Gasteiger partial charge is 0.315 e. The minimum Gasteiger partial charge on any atom is -0.497 e. The number of hydrogen-bond donors (Lipinski definition) is 1. The Morgan fingerprint density at radius 1 is 1.29 bits per heavy atom. The van der Waals surface area contributed by atoms with Gasteiger partial charge in [0.15, 0.2) is 0 Å². The molecule has 0 aromatic heterocycles. The van der Waals surface area contributed by atoms with E-state index in [1.807, 2.05) is 24.3 Å². The number of nitrogens with zero attached hydrogens (tertiary/aromatic N) is 2. The number of urea groups is 1. The largest absolute Gasteiger partial charge is 0.497 e. The molecule has 1 aromatic rings. The van der Waals surface area contributed by atoms with E-state index in [9.17, 15) is 9.59 Å². The number of rotatable bonds is 7. The number of methoxy groups -OCH3 is 1. The lowest BCUT2D eigenvalue weighted by atomic mass is 10.2. The predicted octanol–water partition coefficient (Wildman–Crippen LogP) is 1.47. The van der Waals surface area contributed by atoms with Gasteiger partial charge in [0.2, 0.25) is 5.91 Å². The number of likely N-dealkylation sites (tertiary alicyclic amines) is 1. The molecule has 132 valence electrons. The van der Waals surface area contributed by atoms with Crippen molar-refractivity contribution in [3.63, 3.8) is 0 Å². The van der Waals surface area contributed by atoms with E-state index in [0.717, 1.165) is 17.9 Å². The molecule has 1 fully saturated rings. The monoisotopic (exact) mass is 335 g/mol. The summed E-state index contributed by atoms with van der Waals surface area (Å²) >= 11 is 0. The highest BCUT2D eigenvalue weighted by atomic mass is 16.5. The van der Waals surface area contributed by atoms with E-state index in [4.69, 9.17) is 15.2 Å². The van der Waals surface area contributed by atoms with Gasteiger partial charge < -0.3 is 25.0 Å². The highest BCUT2D eigenvalue weighted by molar-refractivity contribution is 5.87. The first-order valence-corrected chi connectivity index (χ1v) is 8.11. The molecule has 7 nitrogen and oxygen atoms in total. The van der Waals surface area contributed by atoms with Crippen LogP contribution >= 0.6 is 0 Å². The summed E-state index contributed by atoms with van der Waals surface area (Å²) in [4.78, 5) is 26.9. The predicted molar refractivity (Wildman–Crippen MR) is 90.1 cm³/mol. The number of benzene rings is 1. The fraction of sp³-hybridized carbons (Fsp3) is 0.529. The summed E-state index contributed by atoms with van der Waals surface area (Å²) in [5, 5.41) is 0. The van der Waals surface area contributed by atoms with Crippen LogP contribution in [0.3, 0.4) is 0 Å². The van der Waals surface area contributed by atoms with Gasteiger partial charge in [-0.1, -0.05) is 0 Å². The summed E-state index contributed by atoms with van der Waals surface area (Å²) in [5.41, 5.74) is 5.32. The van der Waals surface area contributed by atoms with Crippen LogP contribution in [0.5, 0.6) is 11.5 Å². The second-order valence-electron chi connectivity index (χ2n) is 5.83. The highest BCUT2D eigenvalue weighted by Gasteiger charge is 2.34. The van der Waals surface area contributed by atoms with Gasteiger partial charge in [-0.05, 0) is 43.5 Å². The molecule has 0 bridgehead atoms. The van der Waals surface area contributed by atoms with Crippen molar-refractivity contribution in [1.29, 1.82) is 0 Å². The topological polar surface area (TPSA) is 85.1 Å². The third kappa shape index (κ3) is 4.53. The van der Waals surface area contributed by atoms with E-state index in [0.29, 0.717) is 32.5 Å². The quantitative estimate of drug-likeness (QED) is 0.765. The Hall–Kier alpha value is -2.44. The van der Waals surface area contributed by atoms with Gasteiger partial charge in [0, 0.05) is 20.1 Å². The molecule has 1 aliphatic heterocycles. The lowest BCUT2D eigenvalue weighted by Crippen LogP contribution is -2.48. The Bertz CT molecular complexity index is 561. The maximum atomic E-state index is 12.4. The van der Waals surface area contributed by atoms with Crippen molar-refractivity contribution in [2.24, 2.45) is 5.73 Å². The van der Waals surface area contributed by atoms with E-state index in [1.54, 1.807) is 19.1 Å². The van der Waals surface area contributed by atoms with Gasteiger partial charge in [-0.25, -0.2) is 4.79 Å². The molecule has 24 heavy (non-hydrogen) atoms. The standard InChI is InChI=1S/C17H25N3O4/c1-19(16(21)15-5-3-11-20(15)17(18)22)10-4-12-24-14-8-6-13(23-2)7-9-14/h6-9,15H,3-5,10-12H2,1-2H3,(H2,18,22)/t15-/m1/s1. The number of carbonyl (C=O) groups excluding carboxylic acids is 2. The molecule has 2 N–H and O–H groups in total. The molecule has 1 saturated heterocycles. The molecule has 1 aromatic carbocycles. The number of ether oxygens (including phenoxy) is 2. The van der Waals surface area contributed by atoms with Crippen LogP contribution in [0.1, 0.15) is 19.3 Å². The van der Waals surface area contributed by atoms with E-state index in [-0.39, 0.29) is 5.91 Å². The molecule has 0 spiro atoms. The zero-order chi connectivity index (χ0) is 17.5. The van der Waals surface area contributed by atoms with Crippen LogP contribution < -0.4 is 15.2 Å². The molecular weight excluding hydrogens is 310 g/mol. The Kier molecular flexibility index (Phi) is 6.28. The minimum atomic E-state index is -0.526. The van der Waals surface area contributed by atoms with Crippen molar-refractivity contribution in [2.75, 3.05) is 33.9 Å². The first-order valence-electron chi connectivity index (χ1n) is 8.11. The number of primary amides is 1. The summed E-state index contributed by atoms with van der Waals surface area (Å²) < 4.78 is 10.7. The average Bonchev–Trinajstić information content (AvgIpc) is 3.08. The van der Waals surface area contributed by atoms with Gasteiger partial charge in [0.05, 0.1) is 13.7 Å². The van der Waals surface area contributed by atoms with Crippen LogP contribution in [0.4, 0.5) is 4.79 Å². The van der Waals surface area contributed by atoms with Crippen LogP contribution in [0.2, 0.25) is 0 Å². The van der Waals surface area contributed by atoms with Gasteiger partial charge in [-0.2, -0.15) is 0 Å². The molecule has 0 unspecified atom stereocenters. The minimum absolute atomic E-state index is 0.0595. The zero-order valence-corrected chi connectivity index (χ0v) is 14.2. The Balaban J connectivity index is 1.73. The first kappa shape index (κ1) is 17.9. The maximum absolute atomic E-state index is 12.4. The van der Waals surface area contributed by atoms with Crippen molar-refractivity contribution in [1.82, 2.24) is 9.80 Å². The van der Waals surface area contributed by atoms with Gasteiger partial charge >= 0.3 is 6.03 Å². The summed E-state index contributed by atoms with van der Waals surface area (Å²) in [6.45, 7) is 1.63. The van der Waals surface area contributed by atoms with E-state index < -0.39 is 12.1 Å². The zero-order valence-electron chi connectivity index (χ0n) is 14.2. The molecule has 1 heterocycles. The first-order chi connectivity index (χ1) is 11.5. The van der Waals surface area contributed by atoms with E-state index >= 15 is 0 Å². The number of nitrogens with two attached hydrogens (primary N) is 1. The molecule has 0 saturated carbocycles. The Morgan fingerprint density at radius 3 is 2.58 bits per heavy atom. The molecule has 2 rings (SSSR count). The summed E-state index contributed by atoms with van der Waals surface area (Å²) in [7, 11) is 3.36. The average molecular weight is 335 g/mol. The van der Waals surface area contributed by atoms with Crippen LogP contribution in [0.15, 0.2) is 24.3 Å². The lowest BCUT2D eigenvalue weighted by Gasteiger charge is -2.26. The van der Waals surface area contributed by atoms with Gasteiger partial charge in [0.25, 0.3) is 0 Å². The number of likely N-dealkylation sites (N-methyl/N-ethyl adjacent to an activating group) is 1. The van der Waals surface area contributed by atoms with Gasteiger partial charge in [-0.15, -0.1) is 0 Å². The molecule has 1 aliphatic rings. The Labute approximate surface area is 142 Å². The molecule has 3 amide bonds. The van der Waals surface area contributed by atoms with Crippen molar-refractivity contribution >= 4 is 11.9 Å². The second kappa shape index (κ2) is 8.42. The molecule has 1 atom stereocenters. The molecule has 0 radical (unpaired) electrons. The number of carbonyl (C=O) groups is 2.